The Balaban J connectivity index is 3.41. The van der Waals surface area contributed by atoms with E-state index in [1.807, 2.05) is 0 Å². The molecule has 0 radical (unpaired) electrons. The normalized spacial score (nSPS) is 12.0. The smallest absolute Gasteiger partial charge is 0.294 e. The van der Waals surface area contributed by atoms with E-state index >= 15 is 0 Å². The van der Waals surface area contributed by atoms with Gasteiger partial charge in [0.25, 0.3) is 5.69 Å². The van der Waals surface area contributed by atoms with Crippen LogP contribution in [0.4, 0.5) is 21.9 Å². The van der Waals surface area contributed by atoms with E-state index in [4.69, 9.17) is 17.3 Å². The molecule has 1 unspecified atom stereocenters. The molecule has 0 heterocycles. The third-order valence-corrected chi connectivity index (χ3v) is 2.95. The zero-order valence-corrected chi connectivity index (χ0v) is 12.0. The number of hydrogen-bond donors (Lipinski definition) is 2. The van der Waals surface area contributed by atoms with Crippen LogP contribution in [0.2, 0.25) is 0 Å². The van der Waals surface area contributed by atoms with Gasteiger partial charge in [0, 0.05) is 30.6 Å². The summed E-state index contributed by atoms with van der Waals surface area (Å²) in [6, 6.07) is 2.42. The van der Waals surface area contributed by atoms with Crippen molar-refractivity contribution in [2.24, 2.45) is 0 Å². The fraction of sp³-hybridized carbons (Fsp3) is 0.417. The quantitative estimate of drug-likeness (QED) is 0.339. The topological polar surface area (TPSA) is 133 Å². The first-order chi connectivity index (χ1) is 9.77. The lowest BCUT2D eigenvalue weighted by atomic mass is 10.0. The van der Waals surface area contributed by atoms with Crippen molar-refractivity contribution in [3.8, 4) is 0 Å². The van der Waals surface area contributed by atoms with Crippen molar-refractivity contribution >= 4 is 34.8 Å². The first kappa shape index (κ1) is 17.0. The Morgan fingerprint density at radius 2 is 2.19 bits per heavy atom. The number of carboxylic acid groups (broad SMARTS) is 1. The molecular formula is C12H15ClN3O5-. The van der Waals surface area contributed by atoms with E-state index in [9.17, 15) is 25.1 Å². The number of rotatable bonds is 6. The predicted octanol–water partition coefficient (Wildman–Crippen LogP) is 0.489. The second kappa shape index (κ2) is 7.09. The van der Waals surface area contributed by atoms with Crippen LogP contribution in [-0.2, 0) is 6.42 Å². The van der Waals surface area contributed by atoms with Crippen LogP contribution in [0.1, 0.15) is 12.5 Å². The number of alkyl halides is 1. The molecule has 0 saturated heterocycles. The highest BCUT2D eigenvalue weighted by Gasteiger charge is 2.21. The Hall–Kier alpha value is -2.06. The van der Waals surface area contributed by atoms with Crippen LogP contribution in [0.25, 0.3) is 0 Å². The molecule has 1 aromatic carbocycles. The van der Waals surface area contributed by atoms with Crippen molar-refractivity contribution in [3.63, 3.8) is 0 Å². The zero-order chi connectivity index (χ0) is 16.2. The van der Waals surface area contributed by atoms with Crippen LogP contribution in [0.15, 0.2) is 12.1 Å². The zero-order valence-electron chi connectivity index (χ0n) is 11.3. The van der Waals surface area contributed by atoms with Gasteiger partial charge < -0.3 is 25.6 Å². The van der Waals surface area contributed by atoms with Gasteiger partial charge in [-0.3, -0.25) is 10.1 Å². The Morgan fingerprint density at radius 1 is 1.57 bits per heavy atom. The number of benzene rings is 1. The second-order valence-corrected chi connectivity index (χ2v) is 4.83. The molecule has 0 spiro atoms. The maximum atomic E-state index is 11.1. The van der Waals surface area contributed by atoms with Gasteiger partial charge in [-0.25, -0.2) is 0 Å². The summed E-state index contributed by atoms with van der Waals surface area (Å²) in [5.74, 6) is -0.00209. The summed E-state index contributed by atoms with van der Waals surface area (Å²) in [6.45, 7) is 1.41. The standard InChI is InChI=1S/C12H16ClN3O5/c1-7(17)4-8-5-9(15(3-2-13)12(18)19)6-10(11(8)14)16(20)21/h5-7,17H,2-4,14H2,1H3,(H,18,19)/p-1. The van der Waals surface area contributed by atoms with E-state index in [0.717, 1.165) is 11.0 Å². The number of carbonyl (C=O) groups excluding carboxylic acids is 1. The Morgan fingerprint density at radius 3 is 2.62 bits per heavy atom. The van der Waals surface area contributed by atoms with Gasteiger partial charge >= 0.3 is 0 Å². The van der Waals surface area contributed by atoms with Gasteiger partial charge in [0.2, 0.25) is 0 Å². The largest absolute Gasteiger partial charge is 0.530 e. The Kier molecular flexibility index (Phi) is 5.74. The number of nitrogens with two attached hydrogens (primary N) is 1. The average Bonchev–Trinajstić information content (AvgIpc) is 2.37. The summed E-state index contributed by atoms with van der Waals surface area (Å²) in [5, 5.41) is 31.5. The summed E-state index contributed by atoms with van der Waals surface area (Å²) in [6.07, 6.45) is -2.26. The van der Waals surface area contributed by atoms with Crippen LogP contribution < -0.4 is 15.7 Å². The van der Waals surface area contributed by atoms with Gasteiger partial charge in [-0.2, -0.15) is 0 Å². The molecule has 1 amide bonds. The van der Waals surface area contributed by atoms with Crippen LogP contribution in [-0.4, -0.2) is 34.7 Å². The molecule has 1 aromatic rings. The molecule has 0 fully saturated rings. The highest BCUT2D eigenvalue weighted by atomic mass is 35.5. The average molecular weight is 317 g/mol. The lowest BCUT2D eigenvalue weighted by molar-refractivity contribution is -0.383. The molecule has 1 rings (SSSR count). The number of nitrogens with zero attached hydrogens (tertiary/aromatic N) is 2. The van der Waals surface area contributed by atoms with Gasteiger partial charge in [-0.05, 0) is 18.6 Å². The van der Waals surface area contributed by atoms with Gasteiger partial charge in [0.05, 0.1) is 11.0 Å². The third kappa shape index (κ3) is 4.20. The molecular weight excluding hydrogens is 302 g/mol. The minimum atomic E-state index is -1.53. The van der Waals surface area contributed by atoms with Gasteiger partial charge in [0.1, 0.15) is 11.8 Å². The summed E-state index contributed by atoms with van der Waals surface area (Å²) in [7, 11) is 0. The summed E-state index contributed by atoms with van der Waals surface area (Å²) in [5.41, 5.74) is 5.48. The first-order valence-corrected chi connectivity index (χ1v) is 6.60. The van der Waals surface area contributed by atoms with Crippen molar-refractivity contribution in [2.45, 2.75) is 19.4 Å². The number of amides is 1. The number of nitro benzene ring substituents is 1. The molecule has 8 nitrogen and oxygen atoms in total. The Bertz CT molecular complexity index is 550. The van der Waals surface area contributed by atoms with Crippen molar-refractivity contribution in [1.29, 1.82) is 0 Å². The molecule has 9 heteroatoms. The maximum Gasteiger partial charge on any atom is 0.294 e. The van der Waals surface area contributed by atoms with Crippen LogP contribution in [0, 0.1) is 10.1 Å². The lowest BCUT2D eigenvalue weighted by Crippen LogP contribution is -2.42. The number of nitro groups is 1. The molecule has 0 aliphatic rings. The SMILES string of the molecule is CC(O)Cc1cc(N(CCCl)C(=O)[O-])cc([N+](=O)[O-])c1N. The van der Waals surface area contributed by atoms with E-state index in [1.54, 1.807) is 0 Å². The van der Waals surface area contributed by atoms with E-state index in [2.05, 4.69) is 0 Å². The van der Waals surface area contributed by atoms with E-state index in [0.29, 0.717) is 0 Å². The fourth-order valence-corrected chi connectivity index (χ4v) is 2.05. The molecule has 1 atom stereocenters. The van der Waals surface area contributed by atoms with Gasteiger partial charge in [-0.1, -0.05) is 0 Å². The van der Waals surface area contributed by atoms with E-state index in [-0.39, 0.29) is 35.8 Å². The number of nitrogen functional groups attached to an aromatic ring is 1. The molecule has 0 saturated carbocycles. The number of aliphatic hydroxyl groups excluding tert-OH is 1. The number of hydrogen-bond acceptors (Lipinski definition) is 6. The number of anilines is 2. The summed E-state index contributed by atoms with van der Waals surface area (Å²) in [4.78, 5) is 22.2. The van der Waals surface area contributed by atoms with Crippen molar-refractivity contribution in [3.05, 3.63) is 27.8 Å². The molecule has 0 aliphatic heterocycles. The maximum absolute atomic E-state index is 11.1. The molecule has 0 aliphatic carbocycles. The molecule has 21 heavy (non-hydrogen) atoms. The van der Waals surface area contributed by atoms with E-state index < -0.39 is 22.8 Å². The predicted molar refractivity (Wildman–Crippen MR) is 76.4 cm³/mol. The molecule has 0 aromatic heterocycles. The molecule has 0 bridgehead atoms. The number of halogens is 1. The number of carbonyl (C=O) groups is 1. The third-order valence-electron chi connectivity index (χ3n) is 2.78. The Labute approximate surface area is 125 Å². The summed E-state index contributed by atoms with van der Waals surface area (Å²) >= 11 is 5.52. The molecule has 3 N–H and O–H groups in total. The minimum Gasteiger partial charge on any atom is -0.530 e. The minimum absolute atomic E-state index is 0.00209. The monoisotopic (exact) mass is 316 g/mol. The highest BCUT2D eigenvalue weighted by Crippen LogP contribution is 2.32. The second-order valence-electron chi connectivity index (χ2n) is 4.45. The summed E-state index contributed by atoms with van der Waals surface area (Å²) < 4.78 is 0. The lowest BCUT2D eigenvalue weighted by Gasteiger charge is -2.25. The highest BCUT2D eigenvalue weighted by molar-refractivity contribution is 6.18. The van der Waals surface area contributed by atoms with Gasteiger partial charge in [0.15, 0.2) is 0 Å². The van der Waals surface area contributed by atoms with Crippen molar-refractivity contribution in [1.82, 2.24) is 0 Å². The van der Waals surface area contributed by atoms with Crippen molar-refractivity contribution in [2.75, 3.05) is 23.1 Å². The van der Waals surface area contributed by atoms with Crippen LogP contribution in [0.3, 0.4) is 0 Å². The van der Waals surface area contributed by atoms with Crippen molar-refractivity contribution < 1.29 is 19.9 Å². The van der Waals surface area contributed by atoms with Gasteiger partial charge in [-0.15, -0.1) is 11.6 Å². The van der Waals surface area contributed by atoms with E-state index in [1.165, 1.54) is 13.0 Å². The number of aliphatic hydroxyl groups is 1. The molecule has 116 valence electrons. The first-order valence-electron chi connectivity index (χ1n) is 6.07. The van der Waals surface area contributed by atoms with Crippen LogP contribution >= 0.6 is 11.6 Å². The van der Waals surface area contributed by atoms with Crippen LogP contribution in [0.5, 0.6) is 0 Å². The fourth-order valence-electron chi connectivity index (χ4n) is 1.88.